The van der Waals surface area contributed by atoms with E-state index in [-0.39, 0.29) is 70.8 Å². The maximum Gasteiger partial charge on any atom is 0.260 e. The van der Waals surface area contributed by atoms with Gasteiger partial charge in [-0.2, -0.15) is 43.6 Å². The highest BCUT2D eigenvalue weighted by molar-refractivity contribution is 6.05. The number of anilines is 13. The number of para-hydroxylation sites is 8. The van der Waals surface area contributed by atoms with Crippen LogP contribution in [0.3, 0.4) is 0 Å². The summed E-state index contributed by atoms with van der Waals surface area (Å²) in [4.78, 5) is 112. The molecule has 0 atom stereocenters. The zero-order valence-electron chi connectivity index (χ0n) is 63.7. The SMILES string of the molecule is C/C=C/C(=O)Nc1nc(Nc2ncnc3ccccc23)n(-c2ccccc2)n1.C=C(C)C(=O)Nc1nc(Nc2ncnc3ccccc23)n(-c2ccccc2)n1.Nc1nc(Nc2nc(NC(=O)c3ccccc3)nn2-c2ccccc2)nc2ccccc12.O=C(Nc1nc(Nc2nc3ccccc3c(=O)[nH]2)n(-c2ccccc2)n1)c1ccccc1. The lowest BCUT2D eigenvalue weighted by atomic mass is 10.2. The van der Waals surface area contributed by atoms with Crippen molar-refractivity contribution in [2.45, 2.75) is 13.8 Å². The largest absolute Gasteiger partial charge is 0.383 e. The standard InChI is InChI=1S/C23H18N8O.C23H17N7O2.2C20H17N7O/c24-19-17-13-7-8-14-18(17)25-21(26-19)28-23-29-22(27-20(32)15-9-3-1-4-10-15)30-31(23)16-11-5-2-6-12-16;31-19(15-9-3-1-4-10-15)25-22-28-23(30(29-22)16-11-5-2-6-12-16)27-21-24-18-14-8-7-13-17(18)20(32)26-21;1-13(2)18(28)24-19-25-20(27(26-19)14-8-4-3-5-9-14)23-17-15-10-6-7-11-16(15)21-12-22-17;1-2-8-17(28)23-19-25-20(27(26-19)14-9-4-3-5-10-14)24-18-15-11-6-7-12-16(15)21-13-22-18/h1-14H,(H4,24,25,26,27,28,29,30,32);1-14H,(H3,24,25,26,27,28,29,31,32);3-12H,1H2,2H3,(H2,21,22,23,24,25,26,28);2-13H,1H3,(H2,21,22,23,24,25,26,28)/b;;;8-2+. The van der Waals surface area contributed by atoms with Crippen LogP contribution >= 0.6 is 0 Å². The minimum Gasteiger partial charge on any atom is -0.383 e. The summed E-state index contributed by atoms with van der Waals surface area (Å²) in [6, 6.07) is 85.2. The summed E-state index contributed by atoms with van der Waals surface area (Å²) in [5.41, 5.74) is 13.1. The second kappa shape index (κ2) is 36.4. The molecule has 0 aliphatic rings. The lowest BCUT2D eigenvalue weighted by molar-refractivity contribution is -0.113. The maximum atomic E-state index is 12.6. The van der Waals surface area contributed by atoms with Crippen LogP contribution in [-0.4, -0.2) is 123 Å². The zero-order chi connectivity index (χ0) is 82.7. The average Bonchev–Trinajstić information content (AvgIpc) is 1.56. The number of carbonyl (C=O) groups excluding carboxylic acids is 4. The molecular weight excluding hydrogens is 1520 g/mol. The number of allylic oxidation sites excluding steroid dienone is 1. The van der Waals surface area contributed by atoms with Gasteiger partial charge in [-0.25, -0.2) is 29.9 Å². The first-order valence-corrected chi connectivity index (χ1v) is 36.9. The molecule has 8 aromatic heterocycles. The van der Waals surface area contributed by atoms with Crippen molar-refractivity contribution in [2.75, 3.05) is 48.3 Å². The Balaban J connectivity index is 0.000000125. The summed E-state index contributed by atoms with van der Waals surface area (Å²) in [6.07, 6.45) is 6.03. The highest BCUT2D eigenvalue weighted by Gasteiger charge is 2.22. The van der Waals surface area contributed by atoms with E-state index >= 15 is 0 Å². The van der Waals surface area contributed by atoms with E-state index in [4.69, 9.17) is 5.73 Å². The Bertz CT molecular complexity index is 6800. The highest BCUT2D eigenvalue weighted by Crippen LogP contribution is 2.29. The van der Waals surface area contributed by atoms with Crippen molar-refractivity contribution in [3.8, 4) is 22.7 Å². The molecule has 10 aromatic carbocycles. The number of H-pyrrole nitrogens is 1. The summed E-state index contributed by atoms with van der Waals surface area (Å²) < 4.78 is 6.30. The molecule has 0 spiro atoms. The molecule has 34 nitrogen and oxygen atoms in total. The van der Waals surface area contributed by atoms with Gasteiger partial charge in [-0.3, -0.25) is 60.9 Å². The highest BCUT2D eigenvalue weighted by atomic mass is 16.2. The molecule has 0 bridgehead atoms. The van der Waals surface area contributed by atoms with Crippen LogP contribution < -0.4 is 53.8 Å². The Labute approximate surface area is 681 Å². The molecule has 588 valence electrons. The van der Waals surface area contributed by atoms with Gasteiger partial charge in [-0.1, -0.05) is 170 Å². The molecule has 18 rings (SSSR count). The monoisotopic (exact) mass is 1590 g/mol. The van der Waals surface area contributed by atoms with Crippen LogP contribution in [0.15, 0.2) is 321 Å². The van der Waals surface area contributed by atoms with Crippen molar-refractivity contribution in [3.05, 3.63) is 337 Å². The third-order valence-electron chi connectivity index (χ3n) is 17.4. The van der Waals surface area contributed by atoms with E-state index in [0.717, 1.165) is 44.3 Å². The molecule has 11 N–H and O–H groups in total. The van der Waals surface area contributed by atoms with E-state index in [1.54, 1.807) is 101 Å². The van der Waals surface area contributed by atoms with E-state index in [0.29, 0.717) is 74.1 Å². The number of hydrogen-bond acceptors (Lipinski definition) is 25. The first kappa shape index (κ1) is 77.6. The molecule has 0 saturated heterocycles. The van der Waals surface area contributed by atoms with Gasteiger partial charge in [0.15, 0.2) is 0 Å². The second-order valence-corrected chi connectivity index (χ2v) is 25.7. The van der Waals surface area contributed by atoms with Gasteiger partial charge >= 0.3 is 0 Å². The summed E-state index contributed by atoms with van der Waals surface area (Å²) in [5.74, 6) is 2.76. The van der Waals surface area contributed by atoms with Crippen molar-refractivity contribution in [2.24, 2.45) is 0 Å². The minimum atomic E-state index is -0.343. The van der Waals surface area contributed by atoms with Gasteiger partial charge in [-0.05, 0) is 141 Å². The Hall–Kier alpha value is -17.7. The average molecular weight is 1590 g/mol. The number of nitrogens with one attached hydrogen (secondary N) is 9. The second-order valence-electron chi connectivity index (χ2n) is 25.7. The first-order chi connectivity index (χ1) is 58.7. The van der Waals surface area contributed by atoms with E-state index in [2.05, 4.69) is 129 Å². The number of nitrogens with zero attached hydrogens (tertiary/aromatic N) is 19. The number of aromatic nitrogens is 20. The smallest absolute Gasteiger partial charge is 0.260 e. The molecule has 0 saturated carbocycles. The van der Waals surface area contributed by atoms with Gasteiger partial charge < -0.3 is 16.4 Å². The molecule has 120 heavy (non-hydrogen) atoms. The number of nitrogen functional groups attached to an aromatic ring is 1. The van der Waals surface area contributed by atoms with Gasteiger partial charge in [-0.15, -0.1) is 20.4 Å². The molecule has 34 heteroatoms. The summed E-state index contributed by atoms with van der Waals surface area (Å²) >= 11 is 0. The molecule has 0 aliphatic heterocycles. The fraction of sp³-hybridized carbons (Fsp3) is 0.0233. The number of aromatic amines is 1. The van der Waals surface area contributed by atoms with Crippen LogP contribution in [0.1, 0.15) is 34.6 Å². The van der Waals surface area contributed by atoms with E-state index in [1.807, 2.05) is 212 Å². The van der Waals surface area contributed by atoms with Gasteiger partial charge in [0.2, 0.25) is 41.6 Å². The van der Waals surface area contributed by atoms with Crippen LogP contribution in [0.2, 0.25) is 0 Å². The zero-order valence-corrected chi connectivity index (χ0v) is 63.7. The Kier molecular flexibility index (Phi) is 23.5. The third kappa shape index (κ3) is 18.8. The van der Waals surface area contributed by atoms with Crippen molar-refractivity contribution in [1.82, 2.24) is 98.9 Å². The van der Waals surface area contributed by atoms with E-state index in [9.17, 15) is 24.0 Å². The fourth-order valence-corrected chi connectivity index (χ4v) is 11.7. The van der Waals surface area contributed by atoms with Crippen LogP contribution in [0.25, 0.3) is 66.4 Å². The van der Waals surface area contributed by atoms with Gasteiger partial charge in [0.1, 0.15) is 30.1 Å². The van der Waals surface area contributed by atoms with Crippen molar-refractivity contribution in [1.29, 1.82) is 0 Å². The van der Waals surface area contributed by atoms with Gasteiger partial charge in [0.25, 0.3) is 47.1 Å². The normalized spacial score (nSPS) is 10.8. The quantitative estimate of drug-likeness (QED) is 0.0317. The lowest BCUT2D eigenvalue weighted by Crippen LogP contribution is -2.13. The molecule has 8 heterocycles. The Morgan fingerprint density at radius 1 is 0.367 bits per heavy atom. The lowest BCUT2D eigenvalue weighted by Gasteiger charge is -2.09. The predicted octanol–water partition coefficient (Wildman–Crippen LogP) is 14.2. The first-order valence-electron chi connectivity index (χ1n) is 36.9. The molecule has 18 aromatic rings. The van der Waals surface area contributed by atoms with E-state index in [1.165, 1.54) is 23.4 Å². The number of carbonyl (C=O) groups is 4. The Morgan fingerprint density at radius 2 is 0.717 bits per heavy atom. The van der Waals surface area contributed by atoms with Gasteiger partial charge in [0.05, 0.1) is 50.2 Å². The predicted molar refractivity (Wildman–Crippen MR) is 460 cm³/mol. The molecule has 0 aliphatic carbocycles. The van der Waals surface area contributed by atoms with Crippen molar-refractivity contribution >= 4 is 144 Å². The number of fused-ring (bicyclic) bond motifs is 4. The Morgan fingerprint density at radius 3 is 1.14 bits per heavy atom. The summed E-state index contributed by atoms with van der Waals surface area (Å²) in [6.45, 7) is 7.02. The minimum absolute atomic E-state index is 0.105. The number of amides is 4. The molecule has 4 amide bonds. The third-order valence-corrected chi connectivity index (χ3v) is 17.4. The molecular formula is C86H69N29O5. The van der Waals surface area contributed by atoms with Crippen molar-refractivity contribution in [3.63, 3.8) is 0 Å². The summed E-state index contributed by atoms with van der Waals surface area (Å²) in [5, 5.41) is 43.9. The number of hydrogen-bond donors (Lipinski definition) is 10. The van der Waals surface area contributed by atoms with Crippen LogP contribution in [0, 0.1) is 0 Å². The fourth-order valence-electron chi connectivity index (χ4n) is 11.7. The molecule has 0 unspecified atom stereocenters. The summed E-state index contributed by atoms with van der Waals surface area (Å²) in [7, 11) is 0. The van der Waals surface area contributed by atoms with Crippen molar-refractivity contribution < 1.29 is 19.2 Å². The van der Waals surface area contributed by atoms with Crippen LogP contribution in [0.4, 0.5) is 76.9 Å². The molecule has 0 fully saturated rings. The van der Waals surface area contributed by atoms with Crippen LogP contribution in [-0.2, 0) is 9.59 Å². The van der Waals surface area contributed by atoms with E-state index < -0.39 is 0 Å². The number of benzene rings is 10. The molecule has 0 radical (unpaired) electrons. The topological polar surface area (TPSA) is 436 Å². The maximum absolute atomic E-state index is 12.6. The number of rotatable bonds is 20. The van der Waals surface area contributed by atoms with Gasteiger partial charge in [0, 0.05) is 32.9 Å². The van der Waals surface area contributed by atoms with Crippen LogP contribution in [0.5, 0.6) is 0 Å². The number of nitrogens with two attached hydrogens (primary N) is 1.